The summed E-state index contributed by atoms with van der Waals surface area (Å²) in [4.78, 5) is 11.4. The Morgan fingerprint density at radius 2 is 1.68 bits per heavy atom. The number of esters is 1. The number of ether oxygens (including phenoxy) is 2. The van der Waals surface area contributed by atoms with Crippen LogP contribution in [-0.4, -0.2) is 40.7 Å². The molecule has 0 unspecified atom stereocenters. The van der Waals surface area contributed by atoms with E-state index in [0.29, 0.717) is 24.9 Å². The first-order valence-electron chi connectivity index (χ1n) is 13.8. The molecule has 37 heavy (non-hydrogen) atoms. The van der Waals surface area contributed by atoms with E-state index in [-0.39, 0.29) is 22.5 Å². The Morgan fingerprint density at radius 1 is 1.05 bits per heavy atom. The monoisotopic (exact) mass is 520 g/mol. The van der Waals surface area contributed by atoms with Gasteiger partial charge in [-0.1, -0.05) is 101 Å². The van der Waals surface area contributed by atoms with Gasteiger partial charge >= 0.3 is 5.97 Å². The molecular weight excluding hydrogens is 476 g/mol. The molecule has 5 heteroatoms. The molecule has 2 aliphatic rings. The molecule has 200 valence electrons. The largest absolute Gasteiger partial charge is 0.469 e. The fraction of sp³-hybridized carbons (Fsp3) is 0.531. The molecular formula is C32H44O4Si. The fourth-order valence-electron chi connectivity index (χ4n) is 6.68. The summed E-state index contributed by atoms with van der Waals surface area (Å²) in [7, 11) is -1.13. The van der Waals surface area contributed by atoms with E-state index < -0.39 is 8.32 Å². The van der Waals surface area contributed by atoms with E-state index in [2.05, 4.69) is 101 Å². The molecule has 4 rings (SSSR count). The van der Waals surface area contributed by atoms with Crippen LogP contribution >= 0.6 is 0 Å². The molecule has 1 aliphatic carbocycles. The van der Waals surface area contributed by atoms with E-state index in [1.807, 2.05) is 0 Å². The summed E-state index contributed by atoms with van der Waals surface area (Å²) in [5.41, 5.74) is 0.195. The Balaban J connectivity index is 1.55. The zero-order valence-corrected chi connectivity index (χ0v) is 24.2. The van der Waals surface area contributed by atoms with Crippen LogP contribution in [0.5, 0.6) is 0 Å². The van der Waals surface area contributed by atoms with E-state index in [1.165, 1.54) is 17.5 Å². The first kappa shape index (κ1) is 27.8. The first-order valence-corrected chi connectivity index (χ1v) is 15.7. The van der Waals surface area contributed by atoms with Crippen molar-refractivity contribution in [2.45, 2.75) is 70.9 Å². The van der Waals surface area contributed by atoms with E-state index >= 15 is 0 Å². The number of carbonyl (C=O) groups is 1. The van der Waals surface area contributed by atoms with Gasteiger partial charge in [0.1, 0.15) is 0 Å². The molecule has 0 N–H and O–H groups in total. The quantitative estimate of drug-likeness (QED) is 0.160. The molecule has 0 radical (unpaired) electrons. The number of allylic oxidation sites excluding steroid dienone is 2. The lowest BCUT2D eigenvalue weighted by molar-refractivity contribution is -0.140. The van der Waals surface area contributed by atoms with Crippen molar-refractivity contribution in [2.24, 2.45) is 17.3 Å². The number of carbonyl (C=O) groups excluding carboxylic acids is 1. The maximum atomic E-state index is 11.4. The minimum atomic E-state index is -2.58. The number of rotatable bonds is 11. The van der Waals surface area contributed by atoms with Crippen LogP contribution in [0.2, 0.25) is 5.04 Å². The van der Waals surface area contributed by atoms with Crippen LogP contribution in [0.25, 0.3) is 0 Å². The van der Waals surface area contributed by atoms with Crippen LogP contribution in [0.1, 0.15) is 59.8 Å². The third-order valence-corrected chi connectivity index (χ3v) is 13.6. The maximum absolute atomic E-state index is 11.4. The molecule has 1 aliphatic heterocycles. The first-order chi connectivity index (χ1) is 17.7. The number of methoxy groups -OCH3 is 1. The third kappa shape index (κ3) is 5.79. The second kappa shape index (κ2) is 11.7. The molecule has 4 atom stereocenters. The third-order valence-electron chi connectivity index (χ3n) is 8.63. The van der Waals surface area contributed by atoms with Crippen molar-refractivity contribution in [3.8, 4) is 0 Å². The van der Waals surface area contributed by atoms with Gasteiger partial charge < -0.3 is 13.9 Å². The van der Waals surface area contributed by atoms with E-state index in [0.717, 1.165) is 32.3 Å². The summed E-state index contributed by atoms with van der Waals surface area (Å²) in [5.74, 6) is 0.771. The maximum Gasteiger partial charge on any atom is 0.305 e. The molecule has 2 bridgehead atoms. The van der Waals surface area contributed by atoms with E-state index in [4.69, 9.17) is 13.9 Å². The van der Waals surface area contributed by atoms with Gasteiger partial charge in [0.2, 0.25) is 0 Å². The number of hydrogen-bond acceptors (Lipinski definition) is 4. The molecule has 2 aromatic rings. The van der Waals surface area contributed by atoms with Gasteiger partial charge in [-0.05, 0) is 52.4 Å². The molecule has 2 fully saturated rings. The van der Waals surface area contributed by atoms with Crippen LogP contribution < -0.4 is 10.4 Å². The molecule has 1 heterocycles. The molecule has 0 aromatic heterocycles. The number of benzene rings is 2. The van der Waals surface area contributed by atoms with Crippen LogP contribution in [0.4, 0.5) is 0 Å². The highest BCUT2D eigenvalue weighted by molar-refractivity contribution is 6.99. The summed E-state index contributed by atoms with van der Waals surface area (Å²) >= 11 is 0. The van der Waals surface area contributed by atoms with E-state index in [1.54, 1.807) is 0 Å². The average molecular weight is 521 g/mol. The van der Waals surface area contributed by atoms with Crippen LogP contribution in [0, 0.1) is 17.3 Å². The zero-order chi connectivity index (χ0) is 26.5. The zero-order valence-electron chi connectivity index (χ0n) is 23.2. The Kier molecular flexibility index (Phi) is 8.77. The molecule has 4 nitrogen and oxygen atoms in total. The summed E-state index contributed by atoms with van der Waals surface area (Å²) in [6, 6.07) is 21.8. The van der Waals surface area contributed by atoms with Crippen molar-refractivity contribution in [1.82, 2.24) is 0 Å². The fourth-order valence-corrected chi connectivity index (χ4v) is 11.3. The number of hydrogen-bond donors (Lipinski definition) is 0. The van der Waals surface area contributed by atoms with Crippen molar-refractivity contribution in [1.29, 1.82) is 0 Å². The smallest absolute Gasteiger partial charge is 0.305 e. The second-order valence-electron chi connectivity index (χ2n) is 12.1. The Labute approximate surface area is 224 Å². The molecule has 1 saturated heterocycles. The Bertz CT molecular complexity index is 1010. The van der Waals surface area contributed by atoms with Gasteiger partial charge in [-0.25, -0.2) is 0 Å². The summed E-state index contributed by atoms with van der Waals surface area (Å²) in [5, 5.41) is 2.62. The van der Waals surface area contributed by atoms with Crippen molar-refractivity contribution < 1.29 is 18.7 Å². The normalized spacial score (nSPS) is 25.6. The van der Waals surface area contributed by atoms with Gasteiger partial charge in [-0.15, -0.1) is 0 Å². The summed E-state index contributed by atoms with van der Waals surface area (Å²) in [6.45, 7) is 11.0. The van der Waals surface area contributed by atoms with Gasteiger partial charge in [0, 0.05) is 18.9 Å². The Hall–Kier alpha value is -2.21. The number of unbranched alkanes of at least 4 members (excludes halogenated alkanes) is 1. The molecule has 2 aromatic carbocycles. The highest BCUT2D eigenvalue weighted by atomic mass is 28.4. The lowest BCUT2D eigenvalue weighted by atomic mass is 9.75. The van der Waals surface area contributed by atoms with Crippen molar-refractivity contribution in [2.75, 3.05) is 20.3 Å². The van der Waals surface area contributed by atoms with Crippen LogP contribution in [0.3, 0.4) is 0 Å². The average Bonchev–Trinajstić information content (AvgIpc) is 3.41. The highest BCUT2D eigenvalue weighted by Gasteiger charge is 2.57. The Morgan fingerprint density at radius 3 is 2.24 bits per heavy atom. The van der Waals surface area contributed by atoms with Crippen LogP contribution in [0.15, 0.2) is 72.8 Å². The molecule has 0 amide bonds. The number of fused-ring (bicyclic) bond motifs is 2. The van der Waals surface area contributed by atoms with Crippen LogP contribution in [-0.2, 0) is 18.7 Å². The predicted molar refractivity (Wildman–Crippen MR) is 153 cm³/mol. The van der Waals surface area contributed by atoms with Crippen molar-refractivity contribution in [3.63, 3.8) is 0 Å². The summed E-state index contributed by atoms with van der Waals surface area (Å²) < 4.78 is 18.4. The highest BCUT2D eigenvalue weighted by Crippen LogP contribution is 2.55. The van der Waals surface area contributed by atoms with Crippen molar-refractivity contribution in [3.05, 3.63) is 72.8 Å². The predicted octanol–water partition coefficient (Wildman–Crippen LogP) is 5.89. The lowest BCUT2D eigenvalue weighted by Crippen LogP contribution is -2.67. The lowest BCUT2D eigenvalue weighted by Gasteiger charge is -2.45. The van der Waals surface area contributed by atoms with Gasteiger partial charge in [0.15, 0.2) is 0 Å². The van der Waals surface area contributed by atoms with Gasteiger partial charge in [0.25, 0.3) is 8.32 Å². The van der Waals surface area contributed by atoms with Gasteiger partial charge in [-0.3, -0.25) is 4.79 Å². The standard InChI is InChI=1S/C32H44O4Si/c1-31(2,3)37(25-16-10-8-11-17-25,26-18-12-9-13-19-26)36-23-27-28(32(4)22-29(27)35-24-32)20-14-6-7-15-21-30(33)34-5/h6,8-14,16-19,27-29H,7,15,20-24H2,1-5H3/t27-,28-,29-,32-/m1/s1. The van der Waals surface area contributed by atoms with Gasteiger partial charge in [0.05, 0.1) is 19.8 Å². The van der Waals surface area contributed by atoms with E-state index in [9.17, 15) is 4.79 Å². The molecule has 0 spiro atoms. The minimum absolute atomic E-state index is 0.0346. The van der Waals surface area contributed by atoms with Crippen molar-refractivity contribution >= 4 is 24.7 Å². The summed E-state index contributed by atoms with van der Waals surface area (Å²) in [6.07, 6.45) is 9.18. The topological polar surface area (TPSA) is 44.8 Å². The second-order valence-corrected chi connectivity index (χ2v) is 16.4. The minimum Gasteiger partial charge on any atom is -0.469 e. The molecule has 1 saturated carbocycles. The van der Waals surface area contributed by atoms with Gasteiger partial charge in [-0.2, -0.15) is 0 Å². The SMILES string of the molecule is COC(=O)CCCC=CC[C@@H]1[C@@H](CO[Si](c2ccccc2)(c2ccccc2)C(C)(C)C)[C@H]2C[C@]1(C)CO2.